The molecular formula is C15H11BrClFO. The first-order chi connectivity index (χ1) is 9.08. The Kier molecular flexibility index (Phi) is 4.72. The number of Topliss-reactive ketones (excluding diaryl/α,β-unsaturated/α-hetero) is 1. The monoisotopic (exact) mass is 340 g/mol. The highest BCUT2D eigenvalue weighted by atomic mass is 79.9. The quantitative estimate of drug-likeness (QED) is 0.794. The van der Waals surface area contributed by atoms with Gasteiger partial charge >= 0.3 is 0 Å². The molecule has 0 radical (unpaired) electrons. The molecule has 0 saturated carbocycles. The molecule has 0 aliphatic rings. The van der Waals surface area contributed by atoms with Crippen molar-refractivity contribution in [2.45, 2.75) is 12.8 Å². The molecule has 0 heterocycles. The summed E-state index contributed by atoms with van der Waals surface area (Å²) in [4.78, 5) is 12.0. The second-order valence-corrected chi connectivity index (χ2v) is 5.45. The highest BCUT2D eigenvalue weighted by Gasteiger charge is 2.13. The third-order valence-electron chi connectivity index (χ3n) is 2.78. The van der Waals surface area contributed by atoms with Gasteiger partial charge in [-0.25, -0.2) is 4.39 Å². The zero-order valence-electron chi connectivity index (χ0n) is 10.00. The van der Waals surface area contributed by atoms with Crippen LogP contribution < -0.4 is 0 Å². The van der Waals surface area contributed by atoms with Crippen molar-refractivity contribution in [2.24, 2.45) is 0 Å². The van der Waals surface area contributed by atoms with E-state index in [-0.39, 0.29) is 24.2 Å². The van der Waals surface area contributed by atoms with Gasteiger partial charge in [0.15, 0.2) is 0 Å². The van der Waals surface area contributed by atoms with Gasteiger partial charge in [0.25, 0.3) is 0 Å². The minimum Gasteiger partial charge on any atom is -0.299 e. The van der Waals surface area contributed by atoms with Crippen molar-refractivity contribution in [3.05, 3.63) is 68.9 Å². The van der Waals surface area contributed by atoms with Crippen molar-refractivity contribution in [2.75, 3.05) is 0 Å². The Morgan fingerprint density at radius 2 is 1.84 bits per heavy atom. The van der Waals surface area contributed by atoms with Gasteiger partial charge in [-0.15, -0.1) is 0 Å². The van der Waals surface area contributed by atoms with Gasteiger partial charge in [0.05, 0.1) is 0 Å². The number of carbonyl (C=O) groups is 1. The van der Waals surface area contributed by atoms with Gasteiger partial charge in [-0.2, -0.15) is 0 Å². The Morgan fingerprint density at radius 3 is 2.53 bits per heavy atom. The fourth-order valence-electron chi connectivity index (χ4n) is 1.82. The van der Waals surface area contributed by atoms with Crippen LogP contribution in [-0.4, -0.2) is 5.78 Å². The van der Waals surface area contributed by atoms with Crippen molar-refractivity contribution in [3.63, 3.8) is 0 Å². The van der Waals surface area contributed by atoms with E-state index < -0.39 is 5.82 Å². The number of hydrogen-bond acceptors (Lipinski definition) is 1. The van der Waals surface area contributed by atoms with Gasteiger partial charge in [0, 0.05) is 27.9 Å². The second kappa shape index (κ2) is 6.31. The molecule has 0 bridgehead atoms. The lowest BCUT2D eigenvalue weighted by atomic mass is 10.0. The van der Waals surface area contributed by atoms with Gasteiger partial charge in [0.1, 0.15) is 11.6 Å². The lowest BCUT2D eigenvalue weighted by Gasteiger charge is -2.06. The predicted octanol–water partition coefficient (Wildman–Crippen LogP) is 4.60. The minimum absolute atomic E-state index is 0.00679. The summed E-state index contributed by atoms with van der Waals surface area (Å²) < 4.78 is 14.5. The smallest absolute Gasteiger partial charge is 0.141 e. The molecule has 2 rings (SSSR count). The predicted molar refractivity (Wildman–Crippen MR) is 78.0 cm³/mol. The first-order valence-electron chi connectivity index (χ1n) is 5.76. The van der Waals surface area contributed by atoms with Crippen LogP contribution in [-0.2, 0) is 17.6 Å². The van der Waals surface area contributed by atoms with Gasteiger partial charge in [-0.3, -0.25) is 4.79 Å². The Morgan fingerprint density at radius 1 is 1.11 bits per heavy atom. The molecule has 2 aromatic rings. The van der Waals surface area contributed by atoms with E-state index in [1.54, 1.807) is 6.07 Å². The van der Waals surface area contributed by atoms with Crippen molar-refractivity contribution in [1.82, 2.24) is 0 Å². The largest absolute Gasteiger partial charge is 0.299 e. The SMILES string of the molecule is O=C(Cc1ccccc1Br)Cc1c(F)cccc1Cl. The van der Waals surface area contributed by atoms with Crippen LogP contribution in [0.25, 0.3) is 0 Å². The van der Waals surface area contributed by atoms with Crippen molar-refractivity contribution < 1.29 is 9.18 Å². The van der Waals surface area contributed by atoms with Gasteiger partial charge in [-0.05, 0) is 23.8 Å². The fourth-order valence-corrected chi connectivity index (χ4v) is 2.47. The molecule has 0 aliphatic carbocycles. The first-order valence-corrected chi connectivity index (χ1v) is 6.93. The Balaban J connectivity index is 2.12. The average Bonchev–Trinajstić information content (AvgIpc) is 2.37. The number of benzene rings is 2. The molecule has 19 heavy (non-hydrogen) atoms. The summed E-state index contributed by atoms with van der Waals surface area (Å²) in [6.07, 6.45) is 0.263. The van der Waals surface area contributed by atoms with Gasteiger partial charge in [0.2, 0.25) is 0 Å². The van der Waals surface area contributed by atoms with Crippen LogP contribution >= 0.6 is 27.5 Å². The molecule has 0 fully saturated rings. The number of carbonyl (C=O) groups excluding carboxylic acids is 1. The van der Waals surface area contributed by atoms with E-state index in [9.17, 15) is 9.18 Å². The maximum atomic E-state index is 13.6. The molecule has 0 spiro atoms. The molecular weight excluding hydrogens is 331 g/mol. The van der Waals surface area contributed by atoms with Crippen LogP contribution in [0.4, 0.5) is 4.39 Å². The summed E-state index contributed by atoms with van der Waals surface area (Å²) >= 11 is 9.29. The normalized spacial score (nSPS) is 10.5. The van der Waals surface area contributed by atoms with Crippen LogP contribution in [0.2, 0.25) is 5.02 Å². The number of rotatable bonds is 4. The van der Waals surface area contributed by atoms with E-state index in [0.29, 0.717) is 5.02 Å². The molecule has 1 nitrogen and oxygen atoms in total. The summed E-state index contributed by atoms with van der Waals surface area (Å²) in [7, 11) is 0. The highest BCUT2D eigenvalue weighted by molar-refractivity contribution is 9.10. The summed E-state index contributed by atoms with van der Waals surface area (Å²) in [6, 6.07) is 11.9. The molecule has 0 amide bonds. The molecule has 0 aromatic heterocycles. The summed E-state index contributed by atoms with van der Waals surface area (Å²) in [5, 5.41) is 0.292. The maximum Gasteiger partial charge on any atom is 0.141 e. The van der Waals surface area contributed by atoms with E-state index in [0.717, 1.165) is 10.0 Å². The Hall–Kier alpha value is -1.19. The third kappa shape index (κ3) is 3.64. The lowest BCUT2D eigenvalue weighted by molar-refractivity contribution is -0.117. The van der Waals surface area contributed by atoms with Gasteiger partial charge < -0.3 is 0 Å². The van der Waals surface area contributed by atoms with Crippen LogP contribution in [0.15, 0.2) is 46.9 Å². The second-order valence-electron chi connectivity index (χ2n) is 4.18. The maximum absolute atomic E-state index is 13.6. The zero-order valence-corrected chi connectivity index (χ0v) is 12.3. The molecule has 2 aromatic carbocycles. The van der Waals surface area contributed by atoms with Gasteiger partial charge in [-0.1, -0.05) is 51.8 Å². The molecule has 0 aliphatic heterocycles. The van der Waals surface area contributed by atoms with Crippen LogP contribution in [0.3, 0.4) is 0 Å². The lowest BCUT2D eigenvalue weighted by Crippen LogP contribution is -2.08. The molecule has 0 unspecified atom stereocenters. The first kappa shape index (κ1) is 14.2. The average molecular weight is 342 g/mol. The van der Waals surface area contributed by atoms with Crippen molar-refractivity contribution >= 4 is 33.3 Å². The van der Waals surface area contributed by atoms with E-state index in [1.807, 2.05) is 24.3 Å². The zero-order chi connectivity index (χ0) is 13.8. The summed E-state index contributed by atoms with van der Waals surface area (Å²) in [6.45, 7) is 0. The third-order valence-corrected chi connectivity index (χ3v) is 3.91. The van der Waals surface area contributed by atoms with Crippen LogP contribution in [0, 0.1) is 5.82 Å². The molecule has 0 saturated heterocycles. The number of hydrogen-bond donors (Lipinski definition) is 0. The van der Waals surface area contributed by atoms with Crippen LogP contribution in [0.1, 0.15) is 11.1 Å². The molecule has 0 atom stereocenters. The Labute approximate surface area is 124 Å². The highest BCUT2D eigenvalue weighted by Crippen LogP contribution is 2.21. The summed E-state index contributed by atoms with van der Waals surface area (Å²) in [5.41, 5.74) is 1.15. The molecule has 4 heteroatoms. The van der Waals surface area contributed by atoms with Crippen molar-refractivity contribution in [3.8, 4) is 0 Å². The Bertz CT molecular complexity index is 593. The molecule has 0 N–H and O–H groups in total. The van der Waals surface area contributed by atoms with E-state index in [2.05, 4.69) is 15.9 Å². The summed E-state index contributed by atoms with van der Waals surface area (Å²) in [5.74, 6) is -0.508. The fraction of sp³-hybridized carbons (Fsp3) is 0.133. The minimum atomic E-state index is -0.437. The van der Waals surface area contributed by atoms with E-state index in [1.165, 1.54) is 12.1 Å². The van der Waals surface area contributed by atoms with Crippen LogP contribution in [0.5, 0.6) is 0 Å². The van der Waals surface area contributed by atoms with Crippen molar-refractivity contribution in [1.29, 1.82) is 0 Å². The standard InChI is InChI=1S/C15H11BrClFO/c16-13-5-2-1-4-10(13)8-11(19)9-12-14(17)6-3-7-15(12)18/h1-7H,8-9H2. The molecule has 98 valence electrons. The number of ketones is 1. The van der Waals surface area contributed by atoms with E-state index >= 15 is 0 Å². The number of halogens is 3. The van der Waals surface area contributed by atoms with E-state index in [4.69, 9.17) is 11.6 Å². The topological polar surface area (TPSA) is 17.1 Å².